The number of benzene rings is 2. The van der Waals surface area contributed by atoms with Crippen LogP contribution >= 0.6 is 11.3 Å². The fourth-order valence-corrected chi connectivity index (χ4v) is 3.32. The Morgan fingerprint density at radius 2 is 1.79 bits per heavy atom. The summed E-state index contributed by atoms with van der Waals surface area (Å²) in [5.74, 6) is 0. The van der Waals surface area contributed by atoms with E-state index < -0.39 is 0 Å². The molecule has 3 nitrogen and oxygen atoms in total. The second-order valence-corrected chi connectivity index (χ2v) is 5.50. The van der Waals surface area contributed by atoms with E-state index in [9.17, 15) is 0 Å². The molecule has 2 heterocycles. The lowest BCUT2D eigenvalue weighted by Gasteiger charge is -2.02. The first-order valence-electron chi connectivity index (χ1n) is 6.03. The maximum absolute atomic E-state index is 5.72. The number of hydrogen-bond donors (Lipinski definition) is 1. The fourth-order valence-electron chi connectivity index (χ4n) is 2.30. The molecular formula is C15H11N3S. The van der Waals surface area contributed by atoms with Gasteiger partial charge in [0.15, 0.2) is 4.96 Å². The lowest BCUT2D eigenvalue weighted by molar-refractivity contribution is 1.30. The largest absolute Gasteiger partial charge is 0.399 e. The van der Waals surface area contributed by atoms with Gasteiger partial charge in [0, 0.05) is 18.1 Å². The Balaban J connectivity index is 1.93. The van der Waals surface area contributed by atoms with Crippen molar-refractivity contribution in [3.05, 3.63) is 54.9 Å². The van der Waals surface area contributed by atoms with Crippen molar-refractivity contribution < 1.29 is 0 Å². The predicted octanol–water partition coefficient (Wildman–Crippen LogP) is 3.80. The van der Waals surface area contributed by atoms with Crippen molar-refractivity contribution >= 4 is 32.2 Å². The minimum Gasteiger partial charge on any atom is -0.399 e. The Morgan fingerprint density at radius 1 is 1.00 bits per heavy atom. The summed E-state index contributed by atoms with van der Waals surface area (Å²) in [6.07, 6.45) is 3.83. The molecular weight excluding hydrogens is 254 g/mol. The third-order valence-corrected chi connectivity index (χ3v) is 4.30. The van der Waals surface area contributed by atoms with E-state index in [1.165, 1.54) is 21.3 Å². The Bertz CT molecular complexity index is 871. The highest BCUT2D eigenvalue weighted by Crippen LogP contribution is 2.30. The first kappa shape index (κ1) is 10.6. The van der Waals surface area contributed by atoms with Crippen LogP contribution in [0, 0.1) is 0 Å². The summed E-state index contributed by atoms with van der Waals surface area (Å²) in [6.45, 7) is 0. The first-order chi connectivity index (χ1) is 9.31. The highest BCUT2D eigenvalue weighted by molar-refractivity contribution is 7.23. The van der Waals surface area contributed by atoms with Crippen molar-refractivity contribution in [2.45, 2.75) is 0 Å². The molecule has 2 aromatic carbocycles. The van der Waals surface area contributed by atoms with Gasteiger partial charge in [-0.3, -0.25) is 4.40 Å². The van der Waals surface area contributed by atoms with Crippen LogP contribution in [0.1, 0.15) is 0 Å². The summed E-state index contributed by atoms with van der Waals surface area (Å²) in [5, 5.41) is 0. The fraction of sp³-hybridized carbons (Fsp3) is 0. The van der Waals surface area contributed by atoms with Gasteiger partial charge < -0.3 is 5.73 Å². The lowest BCUT2D eigenvalue weighted by atomic mass is 10.1. The number of nitrogens with zero attached hydrogens (tertiary/aromatic N) is 2. The Morgan fingerprint density at radius 3 is 2.63 bits per heavy atom. The maximum atomic E-state index is 5.72. The average molecular weight is 265 g/mol. The van der Waals surface area contributed by atoms with Crippen molar-refractivity contribution in [3.8, 4) is 11.1 Å². The number of rotatable bonds is 1. The monoisotopic (exact) mass is 265 g/mol. The van der Waals surface area contributed by atoms with Gasteiger partial charge in [-0.2, -0.15) is 0 Å². The molecule has 0 aliphatic carbocycles. The molecule has 4 heteroatoms. The van der Waals surface area contributed by atoms with Crippen molar-refractivity contribution in [1.29, 1.82) is 0 Å². The third-order valence-electron chi connectivity index (χ3n) is 3.27. The van der Waals surface area contributed by atoms with Crippen molar-refractivity contribution in [2.75, 3.05) is 5.73 Å². The summed E-state index contributed by atoms with van der Waals surface area (Å²) >= 11 is 1.71. The van der Waals surface area contributed by atoms with Crippen molar-refractivity contribution in [2.24, 2.45) is 0 Å². The summed E-state index contributed by atoms with van der Waals surface area (Å²) in [5.41, 5.74) is 10.1. The molecule has 0 saturated heterocycles. The number of nitrogens with two attached hydrogens (primary N) is 1. The molecule has 0 bridgehead atoms. The molecule has 0 aliphatic rings. The van der Waals surface area contributed by atoms with Crippen LogP contribution in [0.5, 0.6) is 0 Å². The van der Waals surface area contributed by atoms with Crippen LogP contribution in [0.25, 0.3) is 26.3 Å². The van der Waals surface area contributed by atoms with Crippen LogP contribution in [0.2, 0.25) is 0 Å². The quantitative estimate of drug-likeness (QED) is 0.532. The van der Waals surface area contributed by atoms with E-state index in [4.69, 9.17) is 5.73 Å². The number of fused-ring (bicyclic) bond motifs is 3. The molecule has 4 aromatic rings. The Kier molecular flexibility index (Phi) is 2.13. The number of nitrogen functional groups attached to an aromatic ring is 1. The van der Waals surface area contributed by atoms with E-state index in [1.54, 1.807) is 11.3 Å². The molecule has 0 spiro atoms. The van der Waals surface area contributed by atoms with Gasteiger partial charge in [-0.15, -0.1) is 0 Å². The van der Waals surface area contributed by atoms with Gasteiger partial charge in [-0.05, 0) is 35.4 Å². The topological polar surface area (TPSA) is 43.3 Å². The highest BCUT2D eigenvalue weighted by atomic mass is 32.1. The van der Waals surface area contributed by atoms with Gasteiger partial charge in [0.2, 0.25) is 0 Å². The molecule has 4 rings (SSSR count). The normalized spacial score (nSPS) is 11.4. The van der Waals surface area contributed by atoms with Crippen LogP contribution in [-0.4, -0.2) is 9.38 Å². The molecule has 0 saturated carbocycles. The number of imidazole rings is 1. The van der Waals surface area contributed by atoms with E-state index in [-0.39, 0.29) is 0 Å². The smallest absolute Gasteiger partial charge is 0.194 e. The Labute approximate surface area is 113 Å². The van der Waals surface area contributed by atoms with E-state index in [1.807, 2.05) is 24.5 Å². The van der Waals surface area contributed by atoms with Gasteiger partial charge in [-0.25, -0.2) is 4.98 Å². The van der Waals surface area contributed by atoms with E-state index >= 15 is 0 Å². The number of thiazole rings is 1. The van der Waals surface area contributed by atoms with Crippen LogP contribution in [-0.2, 0) is 0 Å². The second kappa shape index (κ2) is 3.83. The molecule has 92 valence electrons. The third kappa shape index (κ3) is 1.61. The van der Waals surface area contributed by atoms with E-state index in [2.05, 4.69) is 39.7 Å². The zero-order chi connectivity index (χ0) is 12.8. The number of anilines is 1. The second-order valence-electron chi connectivity index (χ2n) is 4.49. The first-order valence-corrected chi connectivity index (χ1v) is 6.84. The van der Waals surface area contributed by atoms with Crippen LogP contribution < -0.4 is 5.73 Å². The maximum Gasteiger partial charge on any atom is 0.194 e. The number of aromatic nitrogens is 2. The van der Waals surface area contributed by atoms with Crippen LogP contribution in [0.3, 0.4) is 0 Å². The zero-order valence-corrected chi connectivity index (χ0v) is 10.9. The molecule has 0 amide bonds. The van der Waals surface area contributed by atoms with Gasteiger partial charge >= 0.3 is 0 Å². The predicted molar refractivity (Wildman–Crippen MR) is 80.4 cm³/mol. The molecule has 2 N–H and O–H groups in total. The van der Waals surface area contributed by atoms with Crippen molar-refractivity contribution in [1.82, 2.24) is 9.38 Å². The Hall–Kier alpha value is -2.33. The van der Waals surface area contributed by atoms with Gasteiger partial charge in [0.1, 0.15) is 0 Å². The highest BCUT2D eigenvalue weighted by Gasteiger charge is 2.06. The minimum absolute atomic E-state index is 0.791. The molecule has 19 heavy (non-hydrogen) atoms. The number of hydrogen-bond acceptors (Lipinski definition) is 3. The van der Waals surface area contributed by atoms with Gasteiger partial charge in [-0.1, -0.05) is 29.5 Å². The summed E-state index contributed by atoms with van der Waals surface area (Å²) < 4.78 is 3.37. The lowest BCUT2D eigenvalue weighted by Crippen LogP contribution is -1.84. The molecule has 0 aliphatic heterocycles. The van der Waals surface area contributed by atoms with E-state index in [0.29, 0.717) is 0 Å². The van der Waals surface area contributed by atoms with Gasteiger partial charge in [0.05, 0.1) is 10.2 Å². The standard InChI is InChI=1S/C15H11N3S/c16-12-4-1-10(2-5-12)11-3-6-13-14(9-11)19-15-17-7-8-18(13)15/h1-9H,16H2. The molecule has 0 radical (unpaired) electrons. The SMILES string of the molecule is Nc1ccc(-c2ccc3c(c2)sc2nccn23)cc1. The summed E-state index contributed by atoms with van der Waals surface area (Å²) in [4.78, 5) is 5.37. The zero-order valence-electron chi connectivity index (χ0n) is 10.1. The average Bonchev–Trinajstić information content (AvgIpc) is 2.99. The summed E-state index contributed by atoms with van der Waals surface area (Å²) in [6, 6.07) is 14.5. The molecule has 2 aromatic heterocycles. The van der Waals surface area contributed by atoms with E-state index in [0.717, 1.165) is 10.6 Å². The van der Waals surface area contributed by atoms with Crippen LogP contribution in [0.15, 0.2) is 54.9 Å². The van der Waals surface area contributed by atoms with Crippen molar-refractivity contribution in [3.63, 3.8) is 0 Å². The molecule has 0 atom stereocenters. The van der Waals surface area contributed by atoms with Gasteiger partial charge in [0.25, 0.3) is 0 Å². The van der Waals surface area contributed by atoms with Crippen LogP contribution in [0.4, 0.5) is 5.69 Å². The minimum atomic E-state index is 0.791. The molecule has 0 unspecified atom stereocenters. The summed E-state index contributed by atoms with van der Waals surface area (Å²) in [7, 11) is 0. The molecule has 0 fully saturated rings.